The van der Waals surface area contributed by atoms with E-state index in [0.29, 0.717) is 18.0 Å². The van der Waals surface area contributed by atoms with E-state index in [9.17, 15) is 4.79 Å². The normalized spacial score (nSPS) is 13.6. The monoisotopic (exact) mass is 346 g/mol. The molecule has 0 saturated heterocycles. The number of pyridine rings is 1. The highest BCUT2D eigenvalue weighted by Gasteiger charge is 2.33. The second-order valence-electron chi connectivity index (χ2n) is 6.82. The molecule has 0 radical (unpaired) electrons. The van der Waals surface area contributed by atoms with E-state index in [4.69, 9.17) is 5.10 Å². The zero-order valence-corrected chi connectivity index (χ0v) is 15.1. The number of aromatic nitrogens is 3. The summed E-state index contributed by atoms with van der Waals surface area (Å²) in [6.07, 6.45) is 3.94. The Bertz CT molecular complexity index is 942. The molecule has 3 aromatic rings. The summed E-state index contributed by atoms with van der Waals surface area (Å²) >= 11 is 0. The lowest BCUT2D eigenvalue weighted by atomic mass is 10.1. The fourth-order valence-electron chi connectivity index (χ4n) is 3.24. The molecule has 2 aromatic heterocycles. The van der Waals surface area contributed by atoms with Crippen LogP contribution in [0, 0.1) is 13.8 Å². The number of aryl methyl sites for hydroxylation is 1. The van der Waals surface area contributed by atoms with Crippen LogP contribution in [0.3, 0.4) is 0 Å². The second-order valence-corrected chi connectivity index (χ2v) is 6.82. The van der Waals surface area contributed by atoms with Gasteiger partial charge in [-0.25, -0.2) is 4.68 Å². The average molecular weight is 346 g/mol. The highest BCUT2D eigenvalue weighted by atomic mass is 16.1. The van der Waals surface area contributed by atoms with Crippen molar-refractivity contribution in [2.45, 2.75) is 39.2 Å². The Labute approximate surface area is 153 Å². The van der Waals surface area contributed by atoms with Gasteiger partial charge in [-0.1, -0.05) is 24.3 Å². The number of hydrogen-bond donors (Lipinski definition) is 1. The van der Waals surface area contributed by atoms with Gasteiger partial charge in [-0.05, 0) is 50.5 Å². The van der Waals surface area contributed by atoms with Crippen molar-refractivity contribution in [2.24, 2.45) is 0 Å². The first-order chi connectivity index (χ1) is 12.6. The summed E-state index contributed by atoms with van der Waals surface area (Å²) in [6.45, 7) is 4.45. The van der Waals surface area contributed by atoms with E-state index in [-0.39, 0.29) is 5.91 Å². The number of rotatable bonds is 5. The summed E-state index contributed by atoms with van der Waals surface area (Å²) in [5.41, 5.74) is 5.53. The molecule has 26 heavy (non-hydrogen) atoms. The molecule has 0 unspecified atom stereocenters. The van der Waals surface area contributed by atoms with Gasteiger partial charge in [-0.3, -0.25) is 9.78 Å². The number of amides is 1. The van der Waals surface area contributed by atoms with Gasteiger partial charge in [0.25, 0.3) is 5.91 Å². The van der Waals surface area contributed by atoms with Crippen LogP contribution in [0.2, 0.25) is 0 Å². The number of benzene rings is 1. The Hall–Kier alpha value is -2.95. The zero-order valence-electron chi connectivity index (χ0n) is 15.1. The van der Waals surface area contributed by atoms with Crippen LogP contribution in [0.15, 0.2) is 48.7 Å². The molecular weight excluding hydrogens is 324 g/mol. The SMILES string of the molecule is Cc1ccccc1-n1nc(C2CC2)c(C(=O)NCc2ccccn2)c1C. The number of carbonyl (C=O) groups excluding carboxylic acids is 1. The molecule has 1 aliphatic rings. The first-order valence-corrected chi connectivity index (χ1v) is 8.99. The van der Waals surface area contributed by atoms with Gasteiger partial charge in [0, 0.05) is 12.1 Å². The zero-order chi connectivity index (χ0) is 18.1. The average Bonchev–Trinajstić information content (AvgIpc) is 3.44. The molecule has 5 heteroatoms. The second kappa shape index (κ2) is 6.75. The van der Waals surface area contributed by atoms with Crippen molar-refractivity contribution in [3.05, 3.63) is 76.9 Å². The Morgan fingerprint density at radius 2 is 1.92 bits per heavy atom. The van der Waals surface area contributed by atoms with E-state index in [1.54, 1.807) is 6.20 Å². The van der Waals surface area contributed by atoms with E-state index in [0.717, 1.165) is 41.2 Å². The van der Waals surface area contributed by atoms with Crippen molar-refractivity contribution in [3.63, 3.8) is 0 Å². The lowest BCUT2D eigenvalue weighted by Gasteiger charge is -2.09. The molecule has 1 fully saturated rings. The van der Waals surface area contributed by atoms with Gasteiger partial charge in [0.1, 0.15) is 0 Å². The molecule has 1 aliphatic carbocycles. The van der Waals surface area contributed by atoms with E-state index in [1.807, 2.05) is 48.0 Å². The highest BCUT2D eigenvalue weighted by Crippen LogP contribution is 2.42. The molecule has 4 rings (SSSR count). The van der Waals surface area contributed by atoms with E-state index >= 15 is 0 Å². The van der Waals surface area contributed by atoms with Gasteiger partial charge in [0.2, 0.25) is 0 Å². The molecule has 1 aromatic carbocycles. The van der Waals surface area contributed by atoms with Crippen molar-refractivity contribution in [3.8, 4) is 5.69 Å². The third-order valence-electron chi connectivity index (χ3n) is 4.83. The van der Waals surface area contributed by atoms with Gasteiger partial charge < -0.3 is 5.32 Å². The largest absolute Gasteiger partial charge is 0.346 e. The summed E-state index contributed by atoms with van der Waals surface area (Å²) in [7, 11) is 0. The third kappa shape index (κ3) is 3.12. The summed E-state index contributed by atoms with van der Waals surface area (Å²) in [6, 6.07) is 13.8. The Morgan fingerprint density at radius 1 is 1.15 bits per heavy atom. The van der Waals surface area contributed by atoms with E-state index in [1.165, 1.54) is 0 Å². The third-order valence-corrected chi connectivity index (χ3v) is 4.83. The summed E-state index contributed by atoms with van der Waals surface area (Å²) in [5.74, 6) is 0.324. The number of para-hydroxylation sites is 1. The van der Waals surface area contributed by atoms with Crippen LogP contribution in [-0.2, 0) is 6.54 Å². The van der Waals surface area contributed by atoms with Crippen LogP contribution < -0.4 is 5.32 Å². The van der Waals surface area contributed by atoms with Crippen LogP contribution in [0.4, 0.5) is 0 Å². The van der Waals surface area contributed by atoms with Gasteiger partial charge in [0.05, 0.1) is 34.9 Å². The molecule has 0 bridgehead atoms. The molecule has 0 aliphatic heterocycles. The highest BCUT2D eigenvalue weighted by molar-refractivity contribution is 5.97. The minimum absolute atomic E-state index is 0.0742. The van der Waals surface area contributed by atoms with Crippen molar-refractivity contribution < 1.29 is 4.79 Å². The van der Waals surface area contributed by atoms with Crippen LogP contribution in [-0.4, -0.2) is 20.7 Å². The first-order valence-electron chi connectivity index (χ1n) is 8.99. The molecule has 0 atom stereocenters. The Balaban J connectivity index is 1.67. The number of nitrogens with one attached hydrogen (secondary N) is 1. The lowest BCUT2D eigenvalue weighted by Crippen LogP contribution is -2.24. The molecule has 1 saturated carbocycles. The standard InChI is InChI=1S/C21H22N4O/c1-14-7-3-4-9-18(14)25-15(2)19(20(24-25)16-10-11-16)21(26)23-13-17-8-5-6-12-22-17/h3-9,12,16H,10-11,13H2,1-2H3,(H,23,26). The first kappa shape index (κ1) is 16.5. The predicted molar refractivity (Wildman–Crippen MR) is 100 cm³/mol. The maximum atomic E-state index is 12.9. The maximum absolute atomic E-state index is 12.9. The topological polar surface area (TPSA) is 59.8 Å². The molecule has 5 nitrogen and oxygen atoms in total. The number of hydrogen-bond acceptors (Lipinski definition) is 3. The molecule has 1 N–H and O–H groups in total. The van der Waals surface area contributed by atoms with Gasteiger partial charge in [0.15, 0.2) is 0 Å². The van der Waals surface area contributed by atoms with E-state index in [2.05, 4.69) is 23.3 Å². The maximum Gasteiger partial charge on any atom is 0.255 e. The Kier molecular flexibility index (Phi) is 4.29. The lowest BCUT2D eigenvalue weighted by molar-refractivity contribution is 0.0949. The molecule has 2 heterocycles. The van der Waals surface area contributed by atoms with Gasteiger partial charge in [-0.15, -0.1) is 0 Å². The molecule has 132 valence electrons. The summed E-state index contributed by atoms with van der Waals surface area (Å²) in [4.78, 5) is 17.2. The summed E-state index contributed by atoms with van der Waals surface area (Å²) in [5, 5.41) is 7.82. The van der Waals surface area contributed by atoms with Crippen LogP contribution in [0.1, 0.15) is 51.8 Å². The van der Waals surface area contributed by atoms with Gasteiger partial charge in [-0.2, -0.15) is 5.10 Å². The quantitative estimate of drug-likeness (QED) is 0.766. The van der Waals surface area contributed by atoms with Crippen molar-refractivity contribution >= 4 is 5.91 Å². The summed E-state index contributed by atoms with van der Waals surface area (Å²) < 4.78 is 1.92. The fraction of sp³-hybridized carbons (Fsp3) is 0.286. The molecule has 0 spiro atoms. The van der Waals surface area contributed by atoms with Crippen LogP contribution >= 0.6 is 0 Å². The minimum Gasteiger partial charge on any atom is -0.346 e. The van der Waals surface area contributed by atoms with Gasteiger partial charge >= 0.3 is 0 Å². The molecule has 1 amide bonds. The van der Waals surface area contributed by atoms with E-state index < -0.39 is 0 Å². The smallest absolute Gasteiger partial charge is 0.255 e. The van der Waals surface area contributed by atoms with Crippen LogP contribution in [0.5, 0.6) is 0 Å². The predicted octanol–water partition coefficient (Wildman–Crippen LogP) is 3.69. The molecular formula is C21H22N4O. The number of carbonyl (C=O) groups is 1. The van der Waals surface area contributed by atoms with Crippen molar-refractivity contribution in [2.75, 3.05) is 0 Å². The van der Waals surface area contributed by atoms with Crippen LogP contribution in [0.25, 0.3) is 5.69 Å². The fourth-order valence-corrected chi connectivity index (χ4v) is 3.24. The Morgan fingerprint density at radius 3 is 2.62 bits per heavy atom. The minimum atomic E-state index is -0.0742. The van der Waals surface area contributed by atoms with Crippen molar-refractivity contribution in [1.82, 2.24) is 20.1 Å². The van der Waals surface area contributed by atoms with Crippen molar-refractivity contribution in [1.29, 1.82) is 0 Å². The number of nitrogens with zero attached hydrogens (tertiary/aromatic N) is 3.